The van der Waals surface area contributed by atoms with Crippen LogP contribution < -0.4 is 10.6 Å². The highest BCUT2D eigenvalue weighted by Gasteiger charge is 2.29. The first-order valence-corrected chi connectivity index (χ1v) is 8.53. The normalized spacial score (nSPS) is 11.2. The van der Waals surface area contributed by atoms with Crippen molar-refractivity contribution in [3.63, 3.8) is 0 Å². The van der Waals surface area contributed by atoms with Gasteiger partial charge >= 0.3 is 12.2 Å². The first kappa shape index (κ1) is 19.4. The van der Waals surface area contributed by atoms with Gasteiger partial charge in [0.25, 0.3) is 0 Å². The highest BCUT2D eigenvalue weighted by atomic mass is 19.4. The van der Waals surface area contributed by atoms with E-state index in [0.717, 1.165) is 23.5 Å². The third-order valence-electron chi connectivity index (χ3n) is 4.01. The van der Waals surface area contributed by atoms with Crippen LogP contribution in [0.3, 0.4) is 0 Å². The molecule has 0 unspecified atom stereocenters. The van der Waals surface area contributed by atoms with Crippen LogP contribution in [0.5, 0.6) is 0 Å². The van der Waals surface area contributed by atoms with Gasteiger partial charge in [-0.05, 0) is 35.7 Å². The maximum atomic E-state index is 12.5. The molecule has 0 bridgehead atoms. The molecule has 2 amide bonds. The topological polar surface area (TPSA) is 71.8 Å². The first-order chi connectivity index (χ1) is 13.4. The fraction of sp³-hybridized carbons (Fsp3) is 0.211. The summed E-state index contributed by atoms with van der Waals surface area (Å²) in [4.78, 5) is 20.1. The molecule has 0 saturated carbocycles. The van der Waals surface area contributed by atoms with Crippen LogP contribution in [0.1, 0.15) is 16.7 Å². The van der Waals surface area contributed by atoms with Crippen molar-refractivity contribution in [1.82, 2.24) is 25.2 Å². The van der Waals surface area contributed by atoms with Crippen molar-refractivity contribution in [2.75, 3.05) is 6.54 Å². The molecule has 0 fully saturated rings. The van der Waals surface area contributed by atoms with E-state index in [2.05, 4.69) is 20.6 Å². The van der Waals surface area contributed by atoms with Gasteiger partial charge in [0.2, 0.25) is 0 Å². The highest BCUT2D eigenvalue weighted by Crippen LogP contribution is 2.29. The van der Waals surface area contributed by atoms with Crippen LogP contribution >= 0.6 is 0 Å². The Morgan fingerprint density at radius 2 is 1.79 bits per heavy atom. The number of imidazole rings is 1. The summed E-state index contributed by atoms with van der Waals surface area (Å²) in [6, 6.07) is 8.22. The molecule has 6 nitrogen and oxygen atoms in total. The predicted molar refractivity (Wildman–Crippen MR) is 96.7 cm³/mol. The van der Waals surface area contributed by atoms with E-state index in [-0.39, 0.29) is 6.03 Å². The number of carbonyl (C=O) groups is 1. The Hall–Kier alpha value is -3.36. The molecular weight excluding hydrogens is 371 g/mol. The number of nitrogens with one attached hydrogen (secondary N) is 2. The molecule has 0 spiro atoms. The number of hydrogen-bond donors (Lipinski definition) is 2. The fourth-order valence-corrected chi connectivity index (χ4v) is 2.49. The van der Waals surface area contributed by atoms with E-state index in [1.807, 2.05) is 12.1 Å². The van der Waals surface area contributed by atoms with Crippen LogP contribution in [0.25, 0.3) is 5.82 Å². The Kier molecular flexibility index (Phi) is 5.93. The summed E-state index contributed by atoms with van der Waals surface area (Å²) >= 11 is 0. The first-order valence-electron chi connectivity index (χ1n) is 8.53. The number of carbonyl (C=O) groups excluding carboxylic acids is 1. The number of benzene rings is 1. The van der Waals surface area contributed by atoms with E-state index in [9.17, 15) is 18.0 Å². The van der Waals surface area contributed by atoms with Gasteiger partial charge in [0.05, 0.1) is 5.56 Å². The average Bonchev–Trinajstić information content (AvgIpc) is 3.21. The molecule has 2 heterocycles. The molecule has 9 heteroatoms. The lowest BCUT2D eigenvalue weighted by Gasteiger charge is -2.09. The molecule has 3 rings (SSSR count). The minimum absolute atomic E-state index is 0.309. The van der Waals surface area contributed by atoms with Gasteiger partial charge in [-0.2, -0.15) is 13.2 Å². The van der Waals surface area contributed by atoms with Crippen LogP contribution in [0.4, 0.5) is 18.0 Å². The van der Waals surface area contributed by atoms with Gasteiger partial charge in [0, 0.05) is 31.7 Å². The van der Waals surface area contributed by atoms with Crippen molar-refractivity contribution < 1.29 is 18.0 Å². The van der Waals surface area contributed by atoms with Crippen LogP contribution in [0.2, 0.25) is 0 Å². The standard InChI is InChI=1S/C19H18F3N5O/c20-19(21,22)16-4-1-14(2-5-16)7-8-24-18(28)26-12-15-3-6-17(25-11-15)27-10-9-23-13-27/h1-6,9-11,13H,7-8,12H2,(H2,24,26,28). The van der Waals surface area contributed by atoms with Crippen molar-refractivity contribution >= 4 is 6.03 Å². The third kappa shape index (κ3) is 5.32. The number of alkyl halides is 3. The molecule has 0 radical (unpaired) electrons. The number of amides is 2. The molecule has 1 aromatic carbocycles. The SMILES string of the molecule is O=C(NCCc1ccc(C(F)(F)F)cc1)NCc1ccc(-n2ccnc2)nc1. The van der Waals surface area contributed by atoms with E-state index in [4.69, 9.17) is 0 Å². The molecule has 3 aromatic rings. The van der Waals surface area contributed by atoms with Gasteiger partial charge in [-0.1, -0.05) is 18.2 Å². The number of urea groups is 1. The van der Waals surface area contributed by atoms with Crippen LogP contribution in [-0.4, -0.2) is 27.1 Å². The van der Waals surface area contributed by atoms with Gasteiger partial charge in [-0.15, -0.1) is 0 Å². The van der Waals surface area contributed by atoms with Crippen LogP contribution in [-0.2, 0) is 19.1 Å². The van der Waals surface area contributed by atoms with Gasteiger partial charge < -0.3 is 10.6 Å². The Morgan fingerprint density at radius 1 is 1.04 bits per heavy atom. The van der Waals surface area contributed by atoms with E-state index in [1.165, 1.54) is 12.1 Å². The zero-order chi connectivity index (χ0) is 20.0. The van der Waals surface area contributed by atoms with Crippen LogP contribution in [0, 0.1) is 0 Å². The zero-order valence-electron chi connectivity index (χ0n) is 14.8. The largest absolute Gasteiger partial charge is 0.416 e. The molecule has 0 aliphatic rings. The minimum atomic E-state index is -4.34. The summed E-state index contributed by atoms with van der Waals surface area (Å²) in [5, 5.41) is 5.39. The van der Waals surface area contributed by atoms with Crippen molar-refractivity contribution in [3.05, 3.63) is 78.0 Å². The number of halogens is 3. The molecule has 146 valence electrons. The molecule has 0 aliphatic carbocycles. The highest BCUT2D eigenvalue weighted by molar-refractivity contribution is 5.73. The zero-order valence-corrected chi connectivity index (χ0v) is 14.8. The van der Waals surface area contributed by atoms with Gasteiger partial charge in [-0.25, -0.2) is 14.8 Å². The quantitative estimate of drug-likeness (QED) is 0.679. The van der Waals surface area contributed by atoms with E-state index in [0.29, 0.717) is 25.1 Å². The minimum Gasteiger partial charge on any atom is -0.338 e. The van der Waals surface area contributed by atoms with Gasteiger partial charge in [0.15, 0.2) is 0 Å². The number of pyridine rings is 1. The summed E-state index contributed by atoms with van der Waals surface area (Å²) < 4.78 is 39.3. The van der Waals surface area contributed by atoms with Gasteiger partial charge in [-0.3, -0.25) is 4.57 Å². The average molecular weight is 389 g/mol. The number of nitrogens with zero attached hydrogens (tertiary/aromatic N) is 3. The van der Waals surface area contributed by atoms with E-state index >= 15 is 0 Å². The Balaban J connectivity index is 1.40. The number of hydrogen-bond acceptors (Lipinski definition) is 3. The fourth-order valence-electron chi connectivity index (χ4n) is 2.49. The van der Waals surface area contributed by atoms with E-state index in [1.54, 1.807) is 29.5 Å². The van der Waals surface area contributed by atoms with E-state index < -0.39 is 11.7 Å². The molecule has 2 aromatic heterocycles. The second-order valence-electron chi connectivity index (χ2n) is 6.05. The number of aromatic nitrogens is 3. The summed E-state index contributed by atoms with van der Waals surface area (Å²) in [5.41, 5.74) is 0.865. The smallest absolute Gasteiger partial charge is 0.338 e. The summed E-state index contributed by atoms with van der Waals surface area (Å²) in [6.45, 7) is 0.623. The monoisotopic (exact) mass is 389 g/mol. The lowest BCUT2D eigenvalue weighted by atomic mass is 10.1. The summed E-state index contributed by atoms with van der Waals surface area (Å²) in [7, 11) is 0. The Morgan fingerprint density at radius 3 is 2.39 bits per heavy atom. The lowest BCUT2D eigenvalue weighted by Crippen LogP contribution is -2.36. The number of rotatable bonds is 6. The van der Waals surface area contributed by atoms with Crippen molar-refractivity contribution in [2.45, 2.75) is 19.1 Å². The summed E-state index contributed by atoms with van der Waals surface area (Å²) in [5.74, 6) is 0.724. The molecule has 0 aliphatic heterocycles. The lowest BCUT2D eigenvalue weighted by molar-refractivity contribution is -0.137. The second kappa shape index (κ2) is 8.55. The van der Waals surface area contributed by atoms with Gasteiger partial charge in [0.1, 0.15) is 12.1 Å². The molecule has 28 heavy (non-hydrogen) atoms. The molecule has 0 atom stereocenters. The summed E-state index contributed by atoms with van der Waals surface area (Å²) in [6.07, 6.45) is 2.84. The Bertz CT molecular complexity index is 891. The van der Waals surface area contributed by atoms with Crippen molar-refractivity contribution in [2.24, 2.45) is 0 Å². The molecular formula is C19H18F3N5O. The molecule has 2 N–H and O–H groups in total. The maximum Gasteiger partial charge on any atom is 0.416 e. The van der Waals surface area contributed by atoms with Crippen LogP contribution in [0.15, 0.2) is 61.3 Å². The second-order valence-corrected chi connectivity index (χ2v) is 6.05. The maximum absolute atomic E-state index is 12.5. The third-order valence-corrected chi connectivity index (χ3v) is 4.01. The van der Waals surface area contributed by atoms with Crippen molar-refractivity contribution in [3.8, 4) is 5.82 Å². The van der Waals surface area contributed by atoms with Crippen molar-refractivity contribution in [1.29, 1.82) is 0 Å². The molecule has 0 saturated heterocycles. The predicted octanol–water partition coefficient (Wildman–Crippen LogP) is 3.33. The Labute approximate surface area is 159 Å².